The van der Waals surface area contributed by atoms with Gasteiger partial charge in [0, 0.05) is 31.5 Å². The van der Waals surface area contributed by atoms with Gasteiger partial charge in [-0.25, -0.2) is 0 Å². The fourth-order valence-corrected chi connectivity index (χ4v) is 3.91. The van der Waals surface area contributed by atoms with E-state index in [0.717, 1.165) is 31.5 Å². The van der Waals surface area contributed by atoms with Crippen LogP contribution in [0, 0.1) is 11.8 Å². The van der Waals surface area contributed by atoms with Gasteiger partial charge in [-0.1, -0.05) is 45.0 Å². The normalized spacial score (nSPS) is 25.7. The number of nitrogens with zero attached hydrogens (tertiary/aromatic N) is 1. The van der Waals surface area contributed by atoms with E-state index in [0.29, 0.717) is 18.9 Å². The zero-order chi connectivity index (χ0) is 18.7. The molecule has 0 aromatic heterocycles. The van der Waals surface area contributed by atoms with Crippen molar-refractivity contribution >= 4 is 24.2 Å². The highest BCUT2D eigenvalue weighted by molar-refractivity contribution is 5.89. The van der Waals surface area contributed by atoms with Crippen LogP contribution in [0.3, 0.4) is 0 Å². The van der Waals surface area contributed by atoms with Gasteiger partial charge in [0.05, 0.1) is 0 Å². The van der Waals surface area contributed by atoms with Gasteiger partial charge in [0.1, 0.15) is 6.04 Å². The third-order valence-electron chi connectivity index (χ3n) is 6.02. The predicted molar refractivity (Wildman–Crippen MR) is 110 cm³/mol. The molecule has 1 fully saturated rings. The molecule has 2 aliphatic rings. The lowest BCUT2D eigenvalue weighted by molar-refractivity contribution is -0.145. The first-order valence-corrected chi connectivity index (χ1v) is 9.89. The Balaban J connectivity index is 0.00000261. The molecule has 27 heavy (non-hydrogen) atoms. The Labute approximate surface area is 168 Å². The Hall–Kier alpha value is -1.59. The summed E-state index contributed by atoms with van der Waals surface area (Å²) >= 11 is 0. The maximum Gasteiger partial charge on any atom is 0.243 e. The van der Waals surface area contributed by atoms with Crippen LogP contribution in [-0.4, -0.2) is 41.9 Å². The van der Waals surface area contributed by atoms with Crippen molar-refractivity contribution in [2.75, 3.05) is 13.1 Å². The van der Waals surface area contributed by atoms with Gasteiger partial charge in [-0.2, -0.15) is 0 Å². The number of hydrogen-bond acceptors (Lipinski definition) is 3. The SMILES string of the molecule is CCC(C)C(=O)N1Cc2ccccc2CC1C(=O)NC1CNCCC1C.Cl. The lowest BCUT2D eigenvalue weighted by Crippen LogP contribution is -2.58. The number of carbonyl (C=O) groups is 2. The first-order chi connectivity index (χ1) is 12.5. The summed E-state index contributed by atoms with van der Waals surface area (Å²) in [6.07, 6.45) is 2.45. The van der Waals surface area contributed by atoms with Gasteiger partial charge in [0.2, 0.25) is 11.8 Å². The molecular weight excluding hydrogens is 362 g/mol. The van der Waals surface area contributed by atoms with Crippen LogP contribution in [0.2, 0.25) is 0 Å². The largest absolute Gasteiger partial charge is 0.350 e. The van der Waals surface area contributed by atoms with Gasteiger partial charge < -0.3 is 15.5 Å². The number of rotatable bonds is 4. The number of piperidine rings is 1. The van der Waals surface area contributed by atoms with Gasteiger partial charge >= 0.3 is 0 Å². The molecule has 150 valence electrons. The lowest BCUT2D eigenvalue weighted by Gasteiger charge is -2.39. The highest BCUT2D eigenvalue weighted by atomic mass is 35.5. The third-order valence-corrected chi connectivity index (χ3v) is 6.02. The standard InChI is InChI=1S/C21H31N3O2.ClH/c1-4-14(2)21(26)24-13-17-8-6-5-7-16(17)11-19(24)20(25)23-18-12-22-10-9-15(18)3;/h5-8,14-15,18-19,22H,4,9-13H2,1-3H3,(H,23,25);1H. The van der Waals surface area contributed by atoms with Crippen LogP contribution >= 0.6 is 12.4 Å². The average Bonchev–Trinajstić information content (AvgIpc) is 2.67. The number of amides is 2. The summed E-state index contributed by atoms with van der Waals surface area (Å²) in [6, 6.07) is 7.86. The number of halogens is 1. The second kappa shape index (κ2) is 9.56. The van der Waals surface area contributed by atoms with Gasteiger partial charge in [0.15, 0.2) is 0 Å². The molecule has 0 saturated carbocycles. The van der Waals surface area contributed by atoms with Crippen LogP contribution in [0.5, 0.6) is 0 Å². The van der Waals surface area contributed by atoms with E-state index in [4.69, 9.17) is 0 Å². The van der Waals surface area contributed by atoms with E-state index in [2.05, 4.69) is 29.7 Å². The van der Waals surface area contributed by atoms with Crippen molar-refractivity contribution in [2.45, 2.75) is 58.7 Å². The van der Waals surface area contributed by atoms with Crippen LogP contribution in [-0.2, 0) is 22.6 Å². The zero-order valence-electron chi connectivity index (χ0n) is 16.5. The molecule has 4 unspecified atom stereocenters. The Morgan fingerprint density at radius 3 is 2.67 bits per heavy atom. The fourth-order valence-electron chi connectivity index (χ4n) is 3.91. The number of carbonyl (C=O) groups excluding carboxylic acids is 2. The minimum absolute atomic E-state index is 0. The molecule has 2 amide bonds. The molecule has 2 aliphatic heterocycles. The quantitative estimate of drug-likeness (QED) is 0.826. The van der Waals surface area contributed by atoms with Crippen molar-refractivity contribution < 1.29 is 9.59 Å². The number of hydrogen-bond donors (Lipinski definition) is 2. The van der Waals surface area contributed by atoms with E-state index in [1.54, 1.807) is 4.90 Å². The van der Waals surface area contributed by atoms with Gasteiger partial charge in [0.25, 0.3) is 0 Å². The van der Waals surface area contributed by atoms with E-state index >= 15 is 0 Å². The molecule has 0 aliphatic carbocycles. The maximum absolute atomic E-state index is 13.1. The fraction of sp³-hybridized carbons (Fsp3) is 0.619. The van der Waals surface area contributed by atoms with Crippen molar-refractivity contribution in [1.82, 2.24) is 15.5 Å². The minimum Gasteiger partial charge on any atom is -0.350 e. The summed E-state index contributed by atoms with van der Waals surface area (Å²) in [5, 5.41) is 6.57. The molecule has 0 radical (unpaired) electrons. The highest BCUT2D eigenvalue weighted by Gasteiger charge is 2.37. The molecule has 0 spiro atoms. The summed E-state index contributed by atoms with van der Waals surface area (Å²) in [5.41, 5.74) is 2.33. The molecule has 3 rings (SSSR count). The van der Waals surface area contributed by atoms with E-state index in [-0.39, 0.29) is 36.2 Å². The Kier molecular flexibility index (Phi) is 7.68. The molecule has 2 N–H and O–H groups in total. The minimum atomic E-state index is -0.416. The number of benzene rings is 1. The summed E-state index contributed by atoms with van der Waals surface area (Å²) < 4.78 is 0. The summed E-state index contributed by atoms with van der Waals surface area (Å²) in [5.74, 6) is 0.453. The van der Waals surface area contributed by atoms with Crippen molar-refractivity contribution in [3.8, 4) is 0 Å². The molecule has 6 heteroatoms. The van der Waals surface area contributed by atoms with Crippen LogP contribution in [0.4, 0.5) is 0 Å². The average molecular weight is 394 g/mol. The smallest absolute Gasteiger partial charge is 0.243 e. The first kappa shape index (κ1) is 21.7. The summed E-state index contributed by atoms with van der Waals surface area (Å²) in [7, 11) is 0. The summed E-state index contributed by atoms with van der Waals surface area (Å²) in [6.45, 7) is 8.48. The second-order valence-electron chi connectivity index (χ2n) is 7.85. The van der Waals surface area contributed by atoms with Crippen LogP contribution < -0.4 is 10.6 Å². The zero-order valence-corrected chi connectivity index (χ0v) is 17.3. The topological polar surface area (TPSA) is 61.4 Å². The van der Waals surface area contributed by atoms with Crippen LogP contribution in [0.25, 0.3) is 0 Å². The maximum atomic E-state index is 13.1. The molecule has 1 saturated heterocycles. The van der Waals surface area contributed by atoms with E-state index in [9.17, 15) is 9.59 Å². The molecule has 5 nitrogen and oxygen atoms in total. The first-order valence-electron chi connectivity index (χ1n) is 9.89. The lowest BCUT2D eigenvalue weighted by atomic mass is 9.90. The molecule has 2 heterocycles. The van der Waals surface area contributed by atoms with Gasteiger partial charge in [-0.15, -0.1) is 12.4 Å². The Morgan fingerprint density at radius 2 is 2.00 bits per heavy atom. The number of fused-ring (bicyclic) bond motifs is 1. The van der Waals surface area contributed by atoms with Crippen molar-refractivity contribution in [3.05, 3.63) is 35.4 Å². The predicted octanol–water partition coefficient (Wildman–Crippen LogP) is 2.52. The Bertz CT molecular complexity index is 667. The van der Waals surface area contributed by atoms with Gasteiger partial charge in [-0.3, -0.25) is 9.59 Å². The van der Waals surface area contributed by atoms with Crippen LogP contribution in [0.15, 0.2) is 24.3 Å². The third kappa shape index (κ3) is 4.82. The summed E-state index contributed by atoms with van der Waals surface area (Å²) in [4.78, 5) is 27.9. The van der Waals surface area contributed by atoms with Gasteiger partial charge in [-0.05, 0) is 36.4 Å². The van der Waals surface area contributed by atoms with Crippen molar-refractivity contribution in [3.63, 3.8) is 0 Å². The van der Waals surface area contributed by atoms with E-state index in [1.165, 1.54) is 5.56 Å². The molecular formula is C21H32ClN3O2. The second-order valence-corrected chi connectivity index (χ2v) is 7.85. The highest BCUT2D eigenvalue weighted by Crippen LogP contribution is 2.26. The van der Waals surface area contributed by atoms with Crippen molar-refractivity contribution in [1.29, 1.82) is 0 Å². The molecule has 1 aromatic carbocycles. The van der Waals surface area contributed by atoms with E-state index in [1.807, 2.05) is 26.0 Å². The van der Waals surface area contributed by atoms with Crippen LogP contribution in [0.1, 0.15) is 44.7 Å². The van der Waals surface area contributed by atoms with Crippen molar-refractivity contribution in [2.24, 2.45) is 11.8 Å². The van der Waals surface area contributed by atoms with E-state index < -0.39 is 6.04 Å². The molecule has 1 aromatic rings. The molecule has 0 bridgehead atoms. The Morgan fingerprint density at radius 1 is 1.30 bits per heavy atom. The molecule has 4 atom stereocenters. The monoisotopic (exact) mass is 393 g/mol. The number of nitrogens with one attached hydrogen (secondary N) is 2.